The molecule has 3 rings (SSSR count). The first-order valence-electron chi connectivity index (χ1n) is 9.04. The monoisotopic (exact) mass is 363 g/mol. The Morgan fingerprint density at radius 3 is 2.81 bits per heavy atom. The number of benzene rings is 1. The second-order valence-electron chi connectivity index (χ2n) is 7.12. The summed E-state index contributed by atoms with van der Waals surface area (Å²) in [6.07, 6.45) is 12.4. The van der Waals surface area contributed by atoms with Crippen molar-refractivity contribution in [2.45, 2.75) is 25.9 Å². The van der Waals surface area contributed by atoms with Crippen molar-refractivity contribution < 1.29 is 13.9 Å². The third-order valence-electron chi connectivity index (χ3n) is 4.52. The molecule has 0 unspecified atom stereocenters. The highest BCUT2D eigenvalue weighted by molar-refractivity contribution is 5.91. The number of nitrogens with zero attached hydrogens (tertiary/aromatic N) is 1. The van der Waals surface area contributed by atoms with Gasteiger partial charge in [0.15, 0.2) is 5.76 Å². The smallest absolute Gasteiger partial charge is 0.289 e. The van der Waals surface area contributed by atoms with E-state index in [1.165, 1.54) is 6.26 Å². The minimum atomic E-state index is -0.307. The lowest BCUT2D eigenvalue weighted by atomic mass is 9.94. The number of hydrogen-bond donors (Lipinski definition) is 0. The molecule has 0 atom stereocenters. The molecule has 0 N–H and O–H groups in total. The summed E-state index contributed by atoms with van der Waals surface area (Å²) in [4.78, 5) is 13.8. The Morgan fingerprint density at radius 1 is 1.30 bits per heavy atom. The minimum absolute atomic E-state index is 0.115. The van der Waals surface area contributed by atoms with E-state index in [2.05, 4.69) is 30.9 Å². The van der Waals surface area contributed by atoms with E-state index in [1.54, 1.807) is 24.1 Å². The topological polar surface area (TPSA) is 42.7 Å². The van der Waals surface area contributed by atoms with E-state index in [0.29, 0.717) is 12.3 Å². The van der Waals surface area contributed by atoms with Gasteiger partial charge in [0.2, 0.25) is 0 Å². The molecular formula is C23H25NO3. The zero-order chi connectivity index (χ0) is 19.4. The Morgan fingerprint density at radius 2 is 2.11 bits per heavy atom. The van der Waals surface area contributed by atoms with Crippen molar-refractivity contribution in [2.24, 2.45) is 0 Å². The Bertz CT molecular complexity index is 889. The lowest BCUT2D eigenvalue weighted by molar-refractivity contribution is 0.0766. The van der Waals surface area contributed by atoms with Gasteiger partial charge in [-0.2, -0.15) is 0 Å². The first-order chi connectivity index (χ1) is 12.9. The zero-order valence-electron chi connectivity index (χ0n) is 16.1. The Balaban J connectivity index is 1.72. The number of ether oxygens (including phenoxy) is 1. The Labute approximate surface area is 160 Å². The maximum absolute atomic E-state index is 12.2. The van der Waals surface area contributed by atoms with Crippen molar-refractivity contribution in [3.05, 3.63) is 71.7 Å². The normalized spacial score (nSPS) is 14.6. The van der Waals surface area contributed by atoms with E-state index < -0.39 is 0 Å². The summed E-state index contributed by atoms with van der Waals surface area (Å²) in [5, 5.41) is 0. The van der Waals surface area contributed by atoms with E-state index in [9.17, 15) is 4.79 Å². The van der Waals surface area contributed by atoms with E-state index in [-0.39, 0.29) is 11.5 Å². The molecule has 1 aliphatic heterocycles. The van der Waals surface area contributed by atoms with Crippen LogP contribution >= 0.6 is 0 Å². The fraction of sp³-hybridized carbons (Fsp3) is 0.261. The van der Waals surface area contributed by atoms with Crippen LogP contribution in [0.1, 0.15) is 47.5 Å². The van der Waals surface area contributed by atoms with E-state index in [4.69, 9.17) is 9.15 Å². The summed E-state index contributed by atoms with van der Waals surface area (Å²) in [6, 6.07) is 7.40. The van der Waals surface area contributed by atoms with Crippen molar-refractivity contribution in [1.82, 2.24) is 4.90 Å². The highest BCUT2D eigenvalue weighted by atomic mass is 16.5. The lowest BCUT2D eigenvalue weighted by Gasteiger charge is -2.29. The Kier molecular flexibility index (Phi) is 5.36. The van der Waals surface area contributed by atoms with Crippen LogP contribution in [0.5, 0.6) is 5.75 Å². The molecule has 0 saturated heterocycles. The average Bonchev–Trinajstić information content (AvgIpc) is 3.18. The number of amides is 1. The molecule has 1 aromatic carbocycles. The van der Waals surface area contributed by atoms with Crippen LogP contribution in [0, 0.1) is 0 Å². The van der Waals surface area contributed by atoms with Crippen LogP contribution in [0.25, 0.3) is 18.2 Å². The minimum Gasteiger partial charge on any atom is -0.483 e. The second kappa shape index (κ2) is 7.70. The molecule has 4 nitrogen and oxygen atoms in total. The molecule has 2 aromatic rings. The molecule has 0 radical (unpaired) electrons. The Hall–Kier alpha value is -3.01. The number of furan rings is 1. The summed E-state index contributed by atoms with van der Waals surface area (Å²) in [6.45, 7) is 8.59. The van der Waals surface area contributed by atoms with Crippen molar-refractivity contribution in [3.63, 3.8) is 0 Å². The number of carbonyl (C=O) groups is 1. The molecule has 0 spiro atoms. The van der Waals surface area contributed by atoms with E-state index in [0.717, 1.165) is 28.9 Å². The van der Waals surface area contributed by atoms with Crippen LogP contribution in [0.3, 0.4) is 0 Å². The van der Waals surface area contributed by atoms with Crippen molar-refractivity contribution in [2.75, 3.05) is 13.6 Å². The maximum Gasteiger partial charge on any atom is 0.289 e. The summed E-state index contributed by atoms with van der Waals surface area (Å²) in [5.74, 6) is 1.12. The van der Waals surface area contributed by atoms with Gasteiger partial charge in [0, 0.05) is 19.2 Å². The van der Waals surface area contributed by atoms with Gasteiger partial charge >= 0.3 is 0 Å². The quantitative estimate of drug-likeness (QED) is 0.701. The van der Waals surface area contributed by atoms with Gasteiger partial charge in [0.25, 0.3) is 5.91 Å². The van der Waals surface area contributed by atoms with Crippen molar-refractivity contribution in [1.29, 1.82) is 0 Å². The van der Waals surface area contributed by atoms with Crippen LogP contribution < -0.4 is 4.74 Å². The highest BCUT2D eigenvalue weighted by Gasteiger charge is 2.23. The summed E-state index contributed by atoms with van der Waals surface area (Å²) in [5.41, 5.74) is 2.88. The fourth-order valence-corrected chi connectivity index (χ4v) is 3.02. The van der Waals surface area contributed by atoms with Crippen LogP contribution in [-0.2, 0) is 0 Å². The molecule has 2 heterocycles. The second-order valence-corrected chi connectivity index (χ2v) is 7.12. The van der Waals surface area contributed by atoms with Crippen LogP contribution in [0.2, 0.25) is 0 Å². The zero-order valence-corrected chi connectivity index (χ0v) is 16.1. The largest absolute Gasteiger partial charge is 0.483 e. The van der Waals surface area contributed by atoms with Gasteiger partial charge in [-0.05, 0) is 55.7 Å². The lowest BCUT2D eigenvalue weighted by Crippen LogP contribution is -2.27. The number of hydrogen-bond acceptors (Lipinski definition) is 3. The number of carbonyl (C=O) groups excluding carboxylic acids is 1. The van der Waals surface area contributed by atoms with Gasteiger partial charge in [0.1, 0.15) is 11.4 Å². The van der Waals surface area contributed by atoms with Crippen molar-refractivity contribution in [3.8, 4) is 5.75 Å². The van der Waals surface area contributed by atoms with Gasteiger partial charge in [-0.15, -0.1) is 0 Å². The third-order valence-corrected chi connectivity index (χ3v) is 4.52. The molecular weight excluding hydrogens is 338 g/mol. The molecule has 140 valence electrons. The molecule has 1 amide bonds. The molecule has 4 heteroatoms. The summed E-state index contributed by atoms with van der Waals surface area (Å²) >= 11 is 0. The molecule has 1 aliphatic rings. The third kappa shape index (κ3) is 4.22. The fourth-order valence-electron chi connectivity index (χ4n) is 3.02. The van der Waals surface area contributed by atoms with Gasteiger partial charge < -0.3 is 14.1 Å². The van der Waals surface area contributed by atoms with Gasteiger partial charge in [-0.3, -0.25) is 4.79 Å². The first-order valence-corrected chi connectivity index (χ1v) is 9.04. The molecule has 0 saturated carbocycles. The average molecular weight is 363 g/mol. The molecule has 0 aliphatic carbocycles. The summed E-state index contributed by atoms with van der Waals surface area (Å²) < 4.78 is 11.2. The highest BCUT2D eigenvalue weighted by Crippen LogP contribution is 2.35. The molecule has 1 aromatic heterocycles. The number of fused-ring (bicyclic) bond motifs is 1. The van der Waals surface area contributed by atoms with Crippen LogP contribution in [-0.4, -0.2) is 30.0 Å². The van der Waals surface area contributed by atoms with Gasteiger partial charge in [-0.1, -0.05) is 36.9 Å². The van der Waals surface area contributed by atoms with E-state index in [1.807, 2.05) is 32.1 Å². The van der Waals surface area contributed by atoms with Crippen LogP contribution in [0.15, 0.2) is 53.7 Å². The van der Waals surface area contributed by atoms with Gasteiger partial charge in [0.05, 0.1) is 6.26 Å². The molecule has 0 bridgehead atoms. The van der Waals surface area contributed by atoms with E-state index >= 15 is 0 Å². The van der Waals surface area contributed by atoms with Gasteiger partial charge in [-0.25, -0.2) is 0 Å². The molecule has 0 fully saturated rings. The SMILES string of the molecule is C=Cc1ccc2c(c1/C=C\CCN(C)C(=O)c1ccco1)C=CC(C)(C)O2. The predicted octanol–water partition coefficient (Wildman–Crippen LogP) is 5.28. The van der Waals surface area contributed by atoms with Crippen LogP contribution in [0.4, 0.5) is 0 Å². The maximum atomic E-state index is 12.2. The standard InChI is InChI=1S/C23H25NO3/c1-5-17-11-12-20-19(13-14-23(2,3)27-20)18(17)9-6-7-15-24(4)22(25)21-10-8-16-26-21/h5-6,8-14,16H,1,7,15H2,2-4H3/b9-6-. The summed E-state index contributed by atoms with van der Waals surface area (Å²) in [7, 11) is 1.77. The van der Waals surface area contributed by atoms with Crippen molar-refractivity contribution >= 4 is 24.1 Å². The molecule has 27 heavy (non-hydrogen) atoms. The number of rotatable bonds is 6. The first kappa shape index (κ1) is 18.8. The predicted molar refractivity (Wildman–Crippen MR) is 110 cm³/mol.